The van der Waals surface area contributed by atoms with E-state index in [0.29, 0.717) is 0 Å². The number of amides is 1. The third kappa shape index (κ3) is 4.81. The summed E-state index contributed by atoms with van der Waals surface area (Å²) in [6.07, 6.45) is -1.25. The van der Waals surface area contributed by atoms with Crippen molar-refractivity contribution >= 4 is 27.5 Å². The predicted octanol–water partition coefficient (Wildman–Crippen LogP) is 4.56. The van der Waals surface area contributed by atoms with E-state index >= 15 is 0 Å². The maximum atomic E-state index is 12.3. The molecule has 4 rings (SSSR count). The molecule has 1 aromatic heterocycles. The van der Waals surface area contributed by atoms with Crippen molar-refractivity contribution in [2.45, 2.75) is 31.2 Å². The normalized spacial score (nSPS) is 19.1. The fourth-order valence-corrected chi connectivity index (χ4v) is 5.01. The van der Waals surface area contributed by atoms with Crippen LogP contribution in [0.1, 0.15) is 25.5 Å². The maximum absolute atomic E-state index is 12.3. The number of carbonyl (C=O) groups is 1. The minimum atomic E-state index is -3.51. The van der Waals surface area contributed by atoms with Gasteiger partial charge in [0.2, 0.25) is 10.0 Å². The van der Waals surface area contributed by atoms with Crippen LogP contribution in [0.3, 0.4) is 0 Å². The van der Waals surface area contributed by atoms with E-state index in [1.54, 1.807) is 25.2 Å². The molecule has 1 aliphatic heterocycles. The molecule has 2 heterocycles. The lowest BCUT2D eigenvalue weighted by Gasteiger charge is -2.32. The molecule has 2 unspecified atom stereocenters. The van der Waals surface area contributed by atoms with Crippen LogP contribution in [0, 0.1) is 0 Å². The maximum Gasteiger partial charge on any atom is 0.407 e. The van der Waals surface area contributed by atoms with Crippen LogP contribution < -0.4 is 10.0 Å². The van der Waals surface area contributed by atoms with Crippen LogP contribution in [0.2, 0.25) is 0 Å². The fourth-order valence-electron chi connectivity index (χ4n) is 3.44. The number of benzene rings is 2. The lowest BCUT2D eigenvalue weighted by molar-refractivity contribution is 0.0567. The average Bonchev–Trinajstić information content (AvgIpc) is 3.30. The number of hydrogen-bond donors (Lipinski definition) is 2. The molecule has 0 radical (unpaired) electrons. The molecule has 0 spiro atoms. The molecule has 2 aromatic carbocycles. The number of cyclic esters (lactones) is 1. The van der Waals surface area contributed by atoms with Gasteiger partial charge in [0.15, 0.2) is 0 Å². The van der Waals surface area contributed by atoms with E-state index in [9.17, 15) is 13.2 Å². The van der Waals surface area contributed by atoms with Gasteiger partial charge in [0.25, 0.3) is 0 Å². The van der Waals surface area contributed by atoms with Crippen molar-refractivity contribution in [1.29, 1.82) is 0 Å². The predicted molar refractivity (Wildman–Crippen MR) is 123 cm³/mol. The summed E-state index contributed by atoms with van der Waals surface area (Å²) in [6, 6.07) is 17.5. The van der Waals surface area contributed by atoms with Gasteiger partial charge in [-0.3, -0.25) is 0 Å². The second-order valence-corrected chi connectivity index (χ2v) is 10.8. The zero-order chi connectivity index (χ0) is 22.0. The summed E-state index contributed by atoms with van der Waals surface area (Å²) in [5.41, 5.74) is 5.22. The number of carbonyl (C=O) groups excluding carboxylic acids is 1. The lowest BCUT2D eigenvalue weighted by atomic mass is 9.97. The van der Waals surface area contributed by atoms with Gasteiger partial charge in [0.1, 0.15) is 6.10 Å². The van der Waals surface area contributed by atoms with Gasteiger partial charge in [0.05, 0.1) is 11.3 Å². The van der Waals surface area contributed by atoms with Gasteiger partial charge in [-0.25, -0.2) is 17.9 Å². The summed E-state index contributed by atoms with van der Waals surface area (Å²) in [4.78, 5) is 11.8. The van der Waals surface area contributed by atoms with Gasteiger partial charge in [-0.15, -0.1) is 0 Å². The molecule has 0 bridgehead atoms. The number of alkyl carbamates (subject to hydrolysis) is 1. The number of nitrogens with one attached hydrogen (secondary N) is 2. The summed E-state index contributed by atoms with van der Waals surface area (Å²) in [7, 11) is -3.51. The molecule has 6 nitrogen and oxygen atoms in total. The Morgan fingerprint density at radius 1 is 0.968 bits per heavy atom. The third-order valence-corrected chi connectivity index (χ3v) is 7.87. The van der Waals surface area contributed by atoms with Crippen molar-refractivity contribution in [2.75, 3.05) is 6.54 Å². The van der Waals surface area contributed by atoms with Crippen molar-refractivity contribution in [1.82, 2.24) is 10.0 Å². The first kappa shape index (κ1) is 21.5. The highest BCUT2D eigenvalue weighted by molar-refractivity contribution is 7.90. The van der Waals surface area contributed by atoms with E-state index in [1.807, 2.05) is 24.3 Å². The molecule has 8 heteroatoms. The van der Waals surface area contributed by atoms with Crippen LogP contribution in [0.15, 0.2) is 65.4 Å². The van der Waals surface area contributed by atoms with Crippen molar-refractivity contribution in [2.24, 2.45) is 0 Å². The molecular formula is C23H24N2O4S2. The van der Waals surface area contributed by atoms with Gasteiger partial charge in [0, 0.05) is 6.54 Å². The zero-order valence-electron chi connectivity index (χ0n) is 17.2. The molecule has 3 aromatic rings. The van der Waals surface area contributed by atoms with Gasteiger partial charge in [-0.05, 0) is 58.5 Å². The van der Waals surface area contributed by atoms with E-state index in [-0.39, 0.29) is 6.54 Å². The molecule has 1 aliphatic rings. The molecule has 2 N–H and O–H groups in total. The van der Waals surface area contributed by atoms with Gasteiger partial charge in [-0.2, -0.15) is 11.3 Å². The Labute approximate surface area is 186 Å². The highest BCUT2D eigenvalue weighted by Gasteiger charge is 2.35. The molecular weight excluding hydrogens is 432 g/mol. The Bertz CT molecular complexity index is 1140. The minimum Gasteiger partial charge on any atom is -0.440 e. The van der Waals surface area contributed by atoms with E-state index in [1.165, 1.54) is 11.1 Å². The Kier molecular flexibility index (Phi) is 6.13. The van der Waals surface area contributed by atoms with Crippen molar-refractivity contribution in [3.8, 4) is 22.3 Å². The monoisotopic (exact) mass is 456 g/mol. The first-order valence-corrected chi connectivity index (χ1v) is 12.5. The fraction of sp³-hybridized carbons (Fsp3) is 0.261. The number of ether oxygens (including phenoxy) is 1. The average molecular weight is 457 g/mol. The molecule has 2 atom stereocenters. The Morgan fingerprint density at radius 2 is 1.55 bits per heavy atom. The topological polar surface area (TPSA) is 84.5 Å². The van der Waals surface area contributed by atoms with Crippen molar-refractivity contribution in [3.63, 3.8) is 0 Å². The van der Waals surface area contributed by atoms with Crippen LogP contribution in [0.5, 0.6) is 0 Å². The molecule has 1 amide bonds. The number of sulfonamides is 1. The first-order chi connectivity index (χ1) is 14.8. The van der Waals surface area contributed by atoms with E-state index < -0.39 is 33.5 Å². The van der Waals surface area contributed by atoms with Crippen molar-refractivity contribution < 1.29 is 17.9 Å². The summed E-state index contributed by atoms with van der Waals surface area (Å²) in [5, 5.41) is 6.16. The third-order valence-electron chi connectivity index (χ3n) is 5.31. The van der Waals surface area contributed by atoms with E-state index in [0.717, 1.165) is 16.7 Å². The second-order valence-electron chi connectivity index (χ2n) is 7.74. The molecule has 0 aliphatic carbocycles. The van der Waals surface area contributed by atoms with Gasteiger partial charge >= 0.3 is 6.09 Å². The summed E-state index contributed by atoms with van der Waals surface area (Å²) < 4.78 is 32.8. The highest BCUT2D eigenvalue weighted by atomic mass is 32.2. The van der Waals surface area contributed by atoms with E-state index in [2.05, 4.69) is 51.1 Å². The lowest BCUT2D eigenvalue weighted by Crippen LogP contribution is -2.53. The smallest absolute Gasteiger partial charge is 0.407 e. The largest absolute Gasteiger partial charge is 0.440 e. The number of thiophene rings is 1. The van der Waals surface area contributed by atoms with Crippen LogP contribution in [-0.2, 0) is 14.8 Å². The number of rotatable bonds is 6. The summed E-state index contributed by atoms with van der Waals surface area (Å²) >= 11 is 1.67. The SMILES string of the molecule is CC(C)S(=O)(=O)NC1CNC(=O)OC1c1ccc(-c2ccc(-c3ccsc3)cc2)cc1. The molecule has 1 saturated heterocycles. The van der Waals surface area contributed by atoms with Crippen LogP contribution in [0.25, 0.3) is 22.3 Å². The highest BCUT2D eigenvalue weighted by Crippen LogP contribution is 2.29. The second kappa shape index (κ2) is 8.82. The Hall–Kier alpha value is -2.68. The molecule has 31 heavy (non-hydrogen) atoms. The van der Waals surface area contributed by atoms with Crippen molar-refractivity contribution in [3.05, 3.63) is 70.9 Å². The summed E-state index contributed by atoms with van der Waals surface area (Å²) in [6.45, 7) is 3.39. The van der Waals surface area contributed by atoms with Crippen LogP contribution in [0.4, 0.5) is 4.79 Å². The standard InChI is InChI=1S/C23H24N2O4S2/c1-15(2)31(27,28)25-21-13-24-23(26)29-22(21)19-9-7-17(8-10-19)16-3-5-18(6-4-16)20-11-12-30-14-20/h3-12,14-15,21-22,25H,13H2,1-2H3,(H,24,26). The Morgan fingerprint density at radius 3 is 2.10 bits per heavy atom. The first-order valence-electron chi connectivity index (χ1n) is 10.0. The number of hydrogen-bond acceptors (Lipinski definition) is 5. The van der Waals surface area contributed by atoms with Gasteiger partial charge in [-0.1, -0.05) is 48.5 Å². The zero-order valence-corrected chi connectivity index (χ0v) is 18.9. The van der Waals surface area contributed by atoms with Crippen LogP contribution >= 0.6 is 11.3 Å². The quantitative estimate of drug-likeness (QED) is 0.570. The minimum absolute atomic E-state index is 0.168. The molecule has 0 saturated carbocycles. The van der Waals surface area contributed by atoms with Gasteiger partial charge < -0.3 is 10.1 Å². The van der Waals surface area contributed by atoms with E-state index in [4.69, 9.17) is 4.74 Å². The summed E-state index contributed by atoms with van der Waals surface area (Å²) in [5.74, 6) is 0. The molecule has 1 fully saturated rings. The van der Waals surface area contributed by atoms with Crippen LogP contribution in [-0.4, -0.2) is 32.3 Å². The Balaban J connectivity index is 1.54. The molecule has 162 valence electrons.